The summed E-state index contributed by atoms with van der Waals surface area (Å²) in [6, 6.07) is 2.18. The van der Waals surface area contributed by atoms with Crippen LogP contribution in [0, 0.1) is 16.7 Å². The molecule has 4 nitrogen and oxygen atoms in total. The number of likely N-dealkylation sites (tertiary alicyclic amines) is 1. The third-order valence-electron chi connectivity index (χ3n) is 3.99. The van der Waals surface area contributed by atoms with E-state index >= 15 is 0 Å². The zero-order valence-electron chi connectivity index (χ0n) is 12.2. The van der Waals surface area contributed by atoms with Crippen LogP contribution in [0.3, 0.4) is 0 Å². The number of nitrogens with zero attached hydrogens (tertiary/aromatic N) is 2. The zero-order chi connectivity index (χ0) is 14.1. The molecule has 19 heavy (non-hydrogen) atoms. The molecular weight excluding hydrogens is 240 g/mol. The van der Waals surface area contributed by atoms with Crippen molar-refractivity contribution in [3.8, 4) is 6.07 Å². The Labute approximate surface area is 115 Å². The molecule has 4 heteroatoms. The van der Waals surface area contributed by atoms with Crippen molar-refractivity contribution in [3.63, 3.8) is 0 Å². The van der Waals surface area contributed by atoms with Gasteiger partial charge in [0.25, 0.3) is 0 Å². The Kier molecular flexibility index (Phi) is 3.87. The highest BCUT2D eigenvalue weighted by Gasteiger charge is 2.46. The lowest BCUT2D eigenvalue weighted by Crippen LogP contribution is -2.42. The monoisotopic (exact) mass is 264 g/mol. The van der Waals surface area contributed by atoms with Gasteiger partial charge in [0.2, 0.25) is 0 Å². The van der Waals surface area contributed by atoms with Gasteiger partial charge in [0.1, 0.15) is 11.6 Å². The molecule has 106 valence electrons. The molecule has 0 aromatic heterocycles. The van der Waals surface area contributed by atoms with Gasteiger partial charge in [-0.1, -0.05) is 0 Å². The second kappa shape index (κ2) is 5.13. The van der Waals surface area contributed by atoms with Crippen molar-refractivity contribution >= 4 is 5.97 Å². The highest BCUT2D eigenvalue weighted by molar-refractivity contribution is 5.76. The van der Waals surface area contributed by atoms with E-state index in [-0.39, 0.29) is 17.4 Å². The van der Waals surface area contributed by atoms with E-state index in [0.29, 0.717) is 6.42 Å². The van der Waals surface area contributed by atoms with E-state index in [1.54, 1.807) is 0 Å². The minimum Gasteiger partial charge on any atom is -0.459 e. The van der Waals surface area contributed by atoms with Crippen molar-refractivity contribution in [3.05, 3.63) is 0 Å². The van der Waals surface area contributed by atoms with E-state index in [4.69, 9.17) is 10.00 Å². The summed E-state index contributed by atoms with van der Waals surface area (Å²) in [5, 5.41) is 8.88. The second-order valence-electron chi connectivity index (χ2n) is 7.00. The van der Waals surface area contributed by atoms with Crippen LogP contribution in [0.4, 0.5) is 0 Å². The fourth-order valence-electron chi connectivity index (χ4n) is 2.82. The number of rotatable bonds is 4. The van der Waals surface area contributed by atoms with Crippen LogP contribution in [0.25, 0.3) is 0 Å². The van der Waals surface area contributed by atoms with Crippen molar-refractivity contribution in [2.75, 3.05) is 13.1 Å². The Morgan fingerprint density at radius 1 is 1.47 bits per heavy atom. The number of hydrogen-bond acceptors (Lipinski definition) is 4. The van der Waals surface area contributed by atoms with Gasteiger partial charge in [-0.3, -0.25) is 9.69 Å². The van der Waals surface area contributed by atoms with Crippen molar-refractivity contribution in [2.45, 2.75) is 64.5 Å². The predicted molar refractivity (Wildman–Crippen MR) is 72.3 cm³/mol. The first-order valence-electron chi connectivity index (χ1n) is 7.19. The summed E-state index contributed by atoms with van der Waals surface area (Å²) in [6.07, 6.45) is 4.80. The molecule has 2 aliphatic rings. The molecule has 0 amide bonds. The van der Waals surface area contributed by atoms with Gasteiger partial charge in [0.15, 0.2) is 0 Å². The molecule has 0 aromatic carbocycles. The van der Waals surface area contributed by atoms with Gasteiger partial charge in [-0.05, 0) is 58.4 Å². The molecule has 0 spiro atoms. The molecule has 1 heterocycles. The van der Waals surface area contributed by atoms with E-state index in [9.17, 15) is 4.79 Å². The molecule has 1 aliphatic heterocycles. The van der Waals surface area contributed by atoms with Crippen molar-refractivity contribution in [1.29, 1.82) is 5.26 Å². The first-order valence-corrected chi connectivity index (χ1v) is 7.19. The molecule has 2 rings (SSSR count). The number of carbonyl (C=O) groups excluding carboxylic acids is 1. The highest BCUT2D eigenvalue weighted by Crippen LogP contribution is 2.49. The number of esters is 1. The van der Waals surface area contributed by atoms with Crippen LogP contribution < -0.4 is 0 Å². The number of carbonyl (C=O) groups is 1. The third-order valence-corrected chi connectivity index (χ3v) is 3.99. The van der Waals surface area contributed by atoms with E-state index in [1.165, 1.54) is 0 Å². The Morgan fingerprint density at radius 2 is 2.16 bits per heavy atom. The quantitative estimate of drug-likeness (QED) is 0.732. The standard InChI is InChI=1S/C15H24N2O2/c1-14(2,3)19-13(18)12-5-4-10-17(12)11-15(6-7-15)8-9-16/h12H,4-8,10-11H2,1-3H3/t12-/m0/s1. The molecule has 1 saturated heterocycles. The lowest BCUT2D eigenvalue weighted by atomic mass is 10.0. The van der Waals surface area contributed by atoms with Crippen LogP contribution >= 0.6 is 0 Å². The summed E-state index contributed by atoms with van der Waals surface area (Å²) in [5.74, 6) is -0.0993. The summed E-state index contributed by atoms with van der Waals surface area (Å²) in [6.45, 7) is 7.55. The van der Waals surface area contributed by atoms with Gasteiger partial charge in [-0.15, -0.1) is 0 Å². The van der Waals surface area contributed by atoms with Crippen LogP contribution in [0.1, 0.15) is 52.9 Å². The first kappa shape index (κ1) is 14.3. The van der Waals surface area contributed by atoms with Crippen LogP contribution in [0.5, 0.6) is 0 Å². The maximum absolute atomic E-state index is 12.2. The molecule has 1 aliphatic carbocycles. The Morgan fingerprint density at radius 3 is 2.68 bits per heavy atom. The normalized spacial score (nSPS) is 25.9. The minimum absolute atomic E-state index is 0.0993. The summed E-state index contributed by atoms with van der Waals surface area (Å²) in [7, 11) is 0. The van der Waals surface area contributed by atoms with E-state index in [1.807, 2.05) is 20.8 Å². The Balaban J connectivity index is 1.94. The number of nitriles is 1. The lowest BCUT2D eigenvalue weighted by Gasteiger charge is -2.29. The highest BCUT2D eigenvalue weighted by atomic mass is 16.6. The summed E-state index contributed by atoms with van der Waals surface area (Å²) in [4.78, 5) is 14.4. The van der Waals surface area contributed by atoms with E-state index in [2.05, 4.69) is 11.0 Å². The summed E-state index contributed by atoms with van der Waals surface area (Å²) in [5.41, 5.74) is -0.255. The SMILES string of the molecule is CC(C)(C)OC(=O)[C@@H]1CCCN1CC1(CC#N)CC1. The maximum Gasteiger partial charge on any atom is 0.323 e. The van der Waals surface area contributed by atoms with E-state index < -0.39 is 5.60 Å². The first-order chi connectivity index (χ1) is 8.85. The molecule has 0 bridgehead atoms. The Bertz CT molecular complexity index is 388. The maximum atomic E-state index is 12.2. The van der Waals surface area contributed by atoms with Crippen LogP contribution in [0.15, 0.2) is 0 Å². The fraction of sp³-hybridized carbons (Fsp3) is 0.867. The zero-order valence-corrected chi connectivity index (χ0v) is 12.2. The van der Waals surface area contributed by atoms with Crippen molar-refractivity contribution < 1.29 is 9.53 Å². The van der Waals surface area contributed by atoms with Crippen LogP contribution in [-0.2, 0) is 9.53 Å². The third kappa shape index (κ3) is 3.70. The number of ether oxygens (including phenoxy) is 1. The Hall–Kier alpha value is -1.08. The summed E-state index contributed by atoms with van der Waals surface area (Å²) < 4.78 is 5.50. The topological polar surface area (TPSA) is 53.3 Å². The van der Waals surface area contributed by atoms with Crippen LogP contribution in [0.2, 0.25) is 0 Å². The lowest BCUT2D eigenvalue weighted by molar-refractivity contribution is -0.160. The molecule has 0 N–H and O–H groups in total. The molecule has 0 unspecified atom stereocenters. The van der Waals surface area contributed by atoms with Gasteiger partial charge in [0.05, 0.1) is 6.07 Å². The molecule has 0 aromatic rings. The molecule has 1 saturated carbocycles. The second-order valence-corrected chi connectivity index (χ2v) is 7.00. The average molecular weight is 264 g/mol. The van der Waals surface area contributed by atoms with Gasteiger partial charge >= 0.3 is 5.97 Å². The number of hydrogen-bond donors (Lipinski definition) is 0. The average Bonchev–Trinajstić information content (AvgIpc) is 2.86. The molecule has 2 fully saturated rings. The molecule has 0 radical (unpaired) electrons. The van der Waals surface area contributed by atoms with Crippen molar-refractivity contribution in [1.82, 2.24) is 4.90 Å². The van der Waals surface area contributed by atoms with Gasteiger partial charge in [-0.2, -0.15) is 5.26 Å². The predicted octanol–water partition coefficient (Wildman–Crippen LogP) is 2.49. The smallest absolute Gasteiger partial charge is 0.323 e. The summed E-state index contributed by atoms with van der Waals surface area (Å²) >= 11 is 0. The molecule has 1 atom stereocenters. The van der Waals surface area contributed by atoms with Crippen molar-refractivity contribution in [2.24, 2.45) is 5.41 Å². The van der Waals surface area contributed by atoms with Gasteiger partial charge in [0, 0.05) is 13.0 Å². The van der Waals surface area contributed by atoms with Gasteiger partial charge in [-0.25, -0.2) is 0 Å². The largest absolute Gasteiger partial charge is 0.459 e. The van der Waals surface area contributed by atoms with Crippen LogP contribution in [-0.4, -0.2) is 35.6 Å². The van der Waals surface area contributed by atoms with Gasteiger partial charge < -0.3 is 4.74 Å². The fourth-order valence-corrected chi connectivity index (χ4v) is 2.82. The molecular formula is C15H24N2O2. The van der Waals surface area contributed by atoms with E-state index in [0.717, 1.165) is 38.8 Å². The minimum atomic E-state index is -0.421.